The summed E-state index contributed by atoms with van der Waals surface area (Å²) < 4.78 is 5.83. The topological polar surface area (TPSA) is 32.8 Å². The third kappa shape index (κ3) is 6.35. The summed E-state index contributed by atoms with van der Waals surface area (Å²) >= 11 is 12.0. The fourth-order valence-electron chi connectivity index (χ4n) is 4.46. The summed E-state index contributed by atoms with van der Waals surface area (Å²) in [5.74, 6) is 0.977. The largest absolute Gasteiger partial charge is 0.373 e. The molecule has 3 rings (SSSR count). The van der Waals surface area contributed by atoms with E-state index in [-0.39, 0.29) is 5.91 Å². The Morgan fingerprint density at radius 1 is 1.11 bits per heavy atom. The summed E-state index contributed by atoms with van der Waals surface area (Å²) in [5, 5.41) is 1.15. The summed E-state index contributed by atoms with van der Waals surface area (Å²) in [6.07, 6.45) is 5.16. The molecule has 1 amide bonds. The number of halogens is 2. The van der Waals surface area contributed by atoms with Gasteiger partial charge in [-0.25, -0.2) is 0 Å². The van der Waals surface area contributed by atoms with E-state index >= 15 is 0 Å². The summed E-state index contributed by atoms with van der Waals surface area (Å²) in [7, 11) is 0. The van der Waals surface area contributed by atoms with Crippen LogP contribution in [0.4, 0.5) is 0 Å². The van der Waals surface area contributed by atoms with Gasteiger partial charge in [-0.1, -0.05) is 29.3 Å². The van der Waals surface area contributed by atoms with Crippen molar-refractivity contribution >= 4 is 29.1 Å². The Labute approximate surface area is 179 Å². The van der Waals surface area contributed by atoms with Crippen molar-refractivity contribution in [3.63, 3.8) is 0 Å². The molecule has 4 nitrogen and oxygen atoms in total. The Balaban J connectivity index is 1.36. The van der Waals surface area contributed by atoms with Gasteiger partial charge in [-0.3, -0.25) is 9.69 Å². The Morgan fingerprint density at radius 2 is 1.79 bits per heavy atom. The van der Waals surface area contributed by atoms with Gasteiger partial charge >= 0.3 is 0 Å². The highest BCUT2D eigenvalue weighted by Crippen LogP contribution is 2.24. The normalized spacial score (nSPS) is 24.5. The van der Waals surface area contributed by atoms with Crippen molar-refractivity contribution in [3.05, 3.63) is 33.8 Å². The molecule has 6 heteroatoms. The SMILES string of the molecule is CC1CN(CC2CCN(C(=O)CCCc3ccc(Cl)c(Cl)c3)CC2)CC(C)O1. The number of rotatable bonds is 6. The average Bonchev–Trinajstić information content (AvgIpc) is 2.64. The van der Waals surface area contributed by atoms with E-state index in [2.05, 4.69) is 23.6 Å². The van der Waals surface area contributed by atoms with Gasteiger partial charge in [-0.05, 0) is 63.1 Å². The highest BCUT2D eigenvalue weighted by molar-refractivity contribution is 6.42. The Bertz CT molecular complexity index is 652. The molecule has 0 N–H and O–H groups in total. The molecule has 28 heavy (non-hydrogen) atoms. The smallest absolute Gasteiger partial charge is 0.222 e. The third-order valence-electron chi connectivity index (χ3n) is 5.82. The van der Waals surface area contributed by atoms with Gasteiger partial charge in [-0.2, -0.15) is 0 Å². The highest BCUT2D eigenvalue weighted by Gasteiger charge is 2.27. The minimum Gasteiger partial charge on any atom is -0.373 e. The fourth-order valence-corrected chi connectivity index (χ4v) is 4.78. The van der Waals surface area contributed by atoms with Gasteiger partial charge in [-0.15, -0.1) is 0 Å². The van der Waals surface area contributed by atoms with Crippen molar-refractivity contribution < 1.29 is 9.53 Å². The van der Waals surface area contributed by atoms with Crippen LogP contribution in [0.1, 0.15) is 45.1 Å². The number of aryl methyl sites for hydroxylation is 1. The van der Waals surface area contributed by atoms with E-state index in [9.17, 15) is 4.79 Å². The minimum atomic E-state index is 0.284. The molecular weight excluding hydrogens is 395 g/mol. The lowest BCUT2D eigenvalue weighted by Gasteiger charge is -2.39. The minimum absolute atomic E-state index is 0.284. The Morgan fingerprint density at radius 3 is 2.43 bits per heavy atom. The highest BCUT2D eigenvalue weighted by atomic mass is 35.5. The zero-order valence-corrected chi connectivity index (χ0v) is 18.5. The van der Waals surface area contributed by atoms with Crippen LogP contribution in [0.15, 0.2) is 18.2 Å². The standard InChI is InChI=1S/C22H32Cl2N2O2/c1-16-13-25(14-17(2)28-16)15-19-8-10-26(11-9-19)22(27)5-3-4-18-6-7-20(23)21(24)12-18/h6-7,12,16-17,19H,3-5,8-11,13-15H2,1-2H3. The van der Waals surface area contributed by atoms with Crippen LogP contribution in [0, 0.1) is 5.92 Å². The van der Waals surface area contributed by atoms with Crippen LogP contribution in [0.5, 0.6) is 0 Å². The number of nitrogens with zero attached hydrogens (tertiary/aromatic N) is 2. The van der Waals surface area contributed by atoms with Crippen molar-refractivity contribution in [1.82, 2.24) is 9.80 Å². The second-order valence-corrected chi connectivity index (χ2v) is 9.22. The van der Waals surface area contributed by atoms with E-state index in [0.29, 0.717) is 34.6 Å². The second kappa shape index (κ2) is 10.3. The van der Waals surface area contributed by atoms with E-state index < -0.39 is 0 Å². The van der Waals surface area contributed by atoms with Crippen molar-refractivity contribution in [1.29, 1.82) is 0 Å². The summed E-state index contributed by atoms with van der Waals surface area (Å²) in [4.78, 5) is 17.1. The predicted octanol–water partition coefficient (Wildman–Crippen LogP) is 4.66. The van der Waals surface area contributed by atoms with Crippen LogP contribution < -0.4 is 0 Å². The zero-order chi connectivity index (χ0) is 20.1. The van der Waals surface area contributed by atoms with E-state index in [1.54, 1.807) is 0 Å². The van der Waals surface area contributed by atoms with Gasteiger partial charge in [0.25, 0.3) is 0 Å². The monoisotopic (exact) mass is 426 g/mol. The van der Waals surface area contributed by atoms with Crippen molar-refractivity contribution in [3.8, 4) is 0 Å². The number of carbonyl (C=O) groups excluding carboxylic acids is 1. The molecule has 156 valence electrons. The van der Waals surface area contributed by atoms with E-state index in [0.717, 1.165) is 64.0 Å². The Kier molecular flexibility index (Phi) is 8.04. The fraction of sp³-hybridized carbons (Fsp3) is 0.682. The first-order valence-corrected chi connectivity index (χ1v) is 11.3. The number of hydrogen-bond donors (Lipinski definition) is 0. The number of morpholine rings is 1. The number of piperidine rings is 1. The van der Waals surface area contributed by atoms with Crippen LogP contribution in [0.25, 0.3) is 0 Å². The molecule has 0 spiro atoms. The number of hydrogen-bond acceptors (Lipinski definition) is 3. The molecule has 2 saturated heterocycles. The van der Waals surface area contributed by atoms with E-state index in [1.165, 1.54) is 0 Å². The van der Waals surface area contributed by atoms with Gasteiger partial charge in [0.05, 0.1) is 22.3 Å². The summed E-state index contributed by atoms with van der Waals surface area (Å²) in [5.41, 5.74) is 1.13. The molecule has 2 atom stereocenters. The van der Waals surface area contributed by atoms with Gasteiger partial charge in [0.2, 0.25) is 5.91 Å². The Hall–Kier alpha value is -0.810. The average molecular weight is 427 g/mol. The second-order valence-electron chi connectivity index (χ2n) is 8.40. The third-order valence-corrected chi connectivity index (χ3v) is 6.56. The summed E-state index contributed by atoms with van der Waals surface area (Å²) in [6, 6.07) is 5.70. The molecule has 2 aliphatic heterocycles. The lowest BCUT2D eigenvalue weighted by atomic mass is 9.95. The van der Waals surface area contributed by atoms with Crippen LogP contribution >= 0.6 is 23.2 Å². The number of ether oxygens (including phenoxy) is 1. The molecule has 2 heterocycles. The molecular formula is C22H32Cl2N2O2. The van der Waals surface area contributed by atoms with Crippen molar-refractivity contribution in [2.45, 2.75) is 58.2 Å². The molecule has 2 unspecified atom stereocenters. The molecule has 0 aliphatic carbocycles. The molecule has 2 aliphatic rings. The molecule has 0 radical (unpaired) electrons. The maximum absolute atomic E-state index is 12.5. The van der Waals surface area contributed by atoms with Gasteiger partial charge in [0.15, 0.2) is 0 Å². The molecule has 2 fully saturated rings. The number of likely N-dealkylation sites (tertiary alicyclic amines) is 1. The quantitative estimate of drug-likeness (QED) is 0.662. The van der Waals surface area contributed by atoms with Gasteiger partial charge < -0.3 is 9.64 Å². The number of amides is 1. The molecule has 1 aromatic rings. The van der Waals surface area contributed by atoms with Crippen LogP contribution in [0.3, 0.4) is 0 Å². The van der Waals surface area contributed by atoms with Crippen LogP contribution in [0.2, 0.25) is 10.0 Å². The zero-order valence-electron chi connectivity index (χ0n) is 17.0. The molecule has 0 saturated carbocycles. The van der Waals surface area contributed by atoms with E-state index in [4.69, 9.17) is 27.9 Å². The van der Waals surface area contributed by atoms with Crippen molar-refractivity contribution in [2.75, 3.05) is 32.7 Å². The lowest BCUT2D eigenvalue weighted by molar-refractivity contribution is -0.132. The molecule has 1 aromatic carbocycles. The predicted molar refractivity (Wildman–Crippen MR) is 115 cm³/mol. The number of benzene rings is 1. The lowest BCUT2D eigenvalue weighted by Crippen LogP contribution is -2.48. The maximum atomic E-state index is 12.5. The molecule has 0 bridgehead atoms. The number of carbonyl (C=O) groups is 1. The van der Waals surface area contributed by atoms with Gasteiger partial charge in [0, 0.05) is 39.1 Å². The first-order valence-electron chi connectivity index (χ1n) is 10.5. The van der Waals surface area contributed by atoms with Crippen LogP contribution in [-0.4, -0.2) is 60.6 Å². The first-order chi connectivity index (χ1) is 13.4. The van der Waals surface area contributed by atoms with Gasteiger partial charge in [0.1, 0.15) is 0 Å². The molecule has 0 aromatic heterocycles. The summed E-state index contributed by atoms with van der Waals surface area (Å²) in [6.45, 7) is 9.29. The van der Waals surface area contributed by atoms with Crippen molar-refractivity contribution in [2.24, 2.45) is 5.92 Å². The maximum Gasteiger partial charge on any atom is 0.222 e. The van der Waals surface area contributed by atoms with E-state index in [1.807, 2.05) is 18.2 Å². The first kappa shape index (κ1) is 21.9. The van der Waals surface area contributed by atoms with Crippen LogP contribution in [-0.2, 0) is 16.0 Å².